The lowest BCUT2D eigenvalue weighted by Gasteiger charge is -2.07. The van der Waals surface area contributed by atoms with Crippen molar-refractivity contribution in [2.45, 2.75) is 27.0 Å². The molecule has 0 saturated heterocycles. The summed E-state index contributed by atoms with van der Waals surface area (Å²) in [6.45, 7) is 7.34. The maximum Gasteiger partial charge on any atom is 0.154 e. The molecule has 0 bridgehead atoms. The van der Waals surface area contributed by atoms with Gasteiger partial charge in [-0.05, 0) is 19.9 Å². The molecule has 17 heavy (non-hydrogen) atoms. The molecule has 0 radical (unpaired) electrons. The second-order valence-electron chi connectivity index (χ2n) is 3.72. The predicted molar refractivity (Wildman–Crippen MR) is 65.7 cm³/mol. The molecule has 1 aromatic rings. The van der Waals surface area contributed by atoms with Gasteiger partial charge in [0.2, 0.25) is 0 Å². The zero-order valence-corrected chi connectivity index (χ0v) is 10.8. The molecule has 1 heterocycles. The molecule has 0 saturated carbocycles. The summed E-state index contributed by atoms with van der Waals surface area (Å²) in [6.07, 6.45) is 0. The fourth-order valence-electron chi connectivity index (χ4n) is 1.44. The molecule has 0 spiro atoms. The van der Waals surface area contributed by atoms with E-state index in [0.717, 1.165) is 30.3 Å². The fourth-order valence-corrected chi connectivity index (χ4v) is 1.44. The van der Waals surface area contributed by atoms with Crippen LogP contribution in [0.1, 0.15) is 24.1 Å². The van der Waals surface area contributed by atoms with E-state index in [9.17, 15) is 0 Å². The van der Waals surface area contributed by atoms with E-state index in [-0.39, 0.29) is 0 Å². The van der Waals surface area contributed by atoms with Crippen LogP contribution in [0.5, 0.6) is 0 Å². The Morgan fingerprint density at radius 1 is 1.35 bits per heavy atom. The number of ether oxygens (including phenoxy) is 2. The SMILES string of the molecule is CCOCc1nc(C)cc(CNCCOC)n1. The van der Waals surface area contributed by atoms with Gasteiger partial charge in [-0.25, -0.2) is 9.97 Å². The van der Waals surface area contributed by atoms with Crippen LogP contribution in [0.25, 0.3) is 0 Å². The van der Waals surface area contributed by atoms with E-state index < -0.39 is 0 Å². The number of nitrogens with one attached hydrogen (secondary N) is 1. The van der Waals surface area contributed by atoms with Crippen LogP contribution in [0.4, 0.5) is 0 Å². The molecule has 0 aliphatic heterocycles. The summed E-state index contributed by atoms with van der Waals surface area (Å²) in [4.78, 5) is 8.76. The predicted octanol–water partition coefficient (Wildman–Crippen LogP) is 1.06. The van der Waals surface area contributed by atoms with Gasteiger partial charge in [-0.15, -0.1) is 0 Å². The molecule has 0 amide bonds. The van der Waals surface area contributed by atoms with Crippen molar-refractivity contribution in [1.82, 2.24) is 15.3 Å². The highest BCUT2D eigenvalue weighted by Crippen LogP contribution is 2.02. The smallest absolute Gasteiger partial charge is 0.154 e. The molecule has 1 rings (SSSR count). The third-order valence-electron chi connectivity index (χ3n) is 2.18. The van der Waals surface area contributed by atoms with Gasteiger partial charge >= 0.3 is 0 Å². The number of hydrogen-bond donors (Lipinski definition) is 1. The van der Waals surface area contributed by atoms with Crippen molar-refractivity contribution >= 4 is 0 Å². The minimum Gasteiger partial charge on any atom is -0.383 e. The highest BCUT2D eigenvalue weighted by Gasteiger charge is 2.02. The Labute approximate surface area is 103 Å². The van der Waals surface area contributed by atoms with E-state index in [0.29, 0.717) is 19.8 Å². The molecule has 5 heteroatoms. The molecule has 0 unspecified atom stereocenters. The standard InChI is InChI=1S/C12H21N3O2/c1-4-17-9-12-14-10(2)7-11(15-12)8-13-5-6-16-3/h7,13H,4-6,8-9H2,1-3H3. The molecule has 0 aliphatic rings. The van der Waals surface area contributed by atoms with Gasteiger partial charge in [0.15, 0.2) is 5.82 Å². The molecule has 0 aromatic carbocycles. The van der Waals surface area contributed by atoms with Crippen molar-refractivity contribution in [2.24, 2.45) is 0 Å². The zero-order chi connectivity index (χ0) is 12.5. The van der Waals surface area contributed by atoms with E-state index in [4.69, 9.17) is 9.47 Å². The van der Waals surface area contributed by atoms with Gasteiger partial charge in [0, 0.05) is 32.5 Å². The lowest BCUT2D eigenvalue weighted by atomic mass is 10.3. The first-order valence-electron chi connectivity index (χ1n) is 5.87. The number of aryl methyl sites for hydroxylation is 1. The molecule has 0 aliphatic carbocycles. The highest BCUT2D eigenvalue weighted by molar-refractivity contribution is 5.09. The summed E-state index contributed by atoms with van der Waals surface area (Å²) < 4.78 is 10.3. The maximum absolute atomic E-state index is 5.31. The van der Waals surface area contributed by atoms with E-state index in [1.807, 2.05) is 19.9 Å². The number of rotatable bonds is 8. The summed E-state index contributed by atoms with van der Waals surface area (Å²) in [7, 11) is 1.69. The van der Waals surface area contributed by atoms with E-state index in [1.165, 1.54) is 0 Å². The highest BCUT2D eigenvalue weighted by atomic mass is 16.5. The molecule has 96 valence electrons. The Morgan fingerprint density at radius 3 is 2.88 bits per heavy atom. The van der Waals surface area contributed by atoms with Gasteiger partial charge < -0.3 is 14.8 Å². The molecule has 1 aromatic heterocycles. The molecule has 5 nitrogen and oxygen atoms in total. The average molecular weight is 239 g/mol. The van der Waals surface area contributed by atoms with Crippen LogP contribution in [0, 0.1) is 6.92 Å². The van der Waals surface area contributed by atoms with Crippen molar-refractivity contribution < 1.29 is 9.47 Å². The molecule has 0 atom stereocenters. The van der Waals surface area contributed by atoms with Crippen LogP contribution >= 0.6 is 0 Å². The first-order valence-corrected chi connectivity index (χ1v) is 5.87. The van der Waals surface area contributed by atoms with Crippen molar-refractivity contribution in [3.05, 3.63) is 23.3 Å². The fraction of sp³-hybridized carbons (Fsp3) is 0.667. The minimum absolute atomic E-state index is 0.475. The quantitative estimate of drug-likeness (QED) is 0.687. The molecule has 1 N–H and O–H groups in total. The second kappa shape index (κ2) is 8.11. The molecular formula is C12H21N3O2. The normalized spacial score (nSPS) is 10.8. The summed E-state index contributed by atoms with van der Waals surface area (Å²) in [5.74, 6) is 0.746. The van der Waals surface area contributed by atoms with Gasteiger partial charge in [-0.3, -0.25) is 0 Å². The van der Waals surface area contributed by atoms with E-state index in [1.54, 1.807) is 7.11 Å². The Kier molecular flexibility index (Phi) is 6.69. The molecule has 0 fully saturated rings. The maximum atomic E-state index is 5.31. The van der Waals surface area contributed by atoms with E-state index in [2.05, 4.69) is 15.3 Å². The summed E-state index contributed by atoms with van der Waals surface area (Å²) in [5, 5.41) is 3.26. The number of aromatic nitrogens is 2. The largest absolute Gasteiger partial charge is 0.383 e. The van der Waals surface area contributed by atoms with Gasteiger partial charge in [0.05, 0.1) is 12.3 Å². The van der Waals surface area contributed by atoms with Crippen LogP contribution in [0.3, 0.4) is 0 Å². The monoisotopic (exact) mass is 239 g/mol. The van der Waals surface area contributed by atoms with Crippen LogP contribution in [-0.2, 0) is 22.6 Å². The summed E-state index contributed by atoms with van der Waals surface area (Å²) in [5.41, 5.74) is 1.96. The second-order valence-corrected chi connectivity index (χ2v) is 3.72. The minimum atomic E-state index is 0.475. The Bertz CT molecular complexity index is 332. The summed E-state index contributed by atoms with van der Waals surface area (Å²) >= 11 is 0. The van der Waals surface area contributed by atoms with Gasteiger partial charge in [0.25, 0.3) is 0 Å². The first-order chi connectivity index (χ1) is 8.26. The Balaban J connectivity index is 2.50. The topological polar surface area (TPSA) is 56.3 Å². The van der Waals surface area contributed by atoms with E-state index >= 15 is 0 Å². The van der Waals surface area contributed by atoms with Gasteiger partial charge in [-0.2, -0.15) is 0 Å². The third kappa shape index (κ3) is 5.72. The average Bonchev–Trinajstić information content (AvgIpc) is 2.31. The van der Waals surface area contributed by atoms with Crippen molar-refractivity contribution in [1.29, 1.82) is 0 Å². The molecular weight excluding hydrogens is 218 g/mol. The van der Waals surface area contributed by atoms with Crippen LogP contribution in [-0.4, -0.2) is 36.8 Å². The van der Waals surface area contributed by atoms with Crippen molar-refractivity contribution in [2.75, 3.05) is 26.9 Å². The lowest BCUT2D eigenvalue weighted by molar-refractivity contribution is 0.128. The van der Waals surface area contributed by atoms with Crippen LogP contribution in [0.2, 0.25) is 0 Å². The Morgan fingerprint density at radius 2 is 2.18 bits per heavy atom. The van der Waals surface area contributed by atoms with Gasteiger partial charge in [-0.1, -0.05) is 0 Å². The van der Waals surface area contributed by atoms with Crippen molar-refractivity contribution in [3.8, 4) is 0 Å². The Hall–Kier alpha value is -1.04. The zero-order valence-electron chi connectivity index (χ0n) is 10.8. The van der Waals surface area contributed by atoms with Crippen LogP contribution < -0.4 is 5.32 Å². The third-order valence-corrected chi connectivity index (χ3v) is 2.18. The summed E-state index contributed by atoms with van der Waals surface area (Å²) in [6, 6.07) is 1.98. The number of hydrogen-bond acceptors (Lipinski definition) is 5. The van der Waals surface area contributed by atoms with Gasteiger partial charge in [0.1, 0.15) is 6.61 Å². The lowest BCUT2D eigenvalue weighted by Crippen LogP contribution is -2.20. The van der Waals surface area contributed by atoms with Crippen LogP contribution in [0.15, 0.2) is 6.07 Å². The number of methoxy groups -OCH3 is 1. The van der Waals surface area contributed by atoms with Crippen molar-refractivity contribution in [3.63, 3.8) is 0 Å². The first kappa shape index (κ1) is 14.0. The number of nitrogens with zero attached hydrogens (tertiary/aromatic N) is 2.